The van der Waals surface area contributed by atoms with E-state index in [0.29, 0.717) is 0 Å². The summed E-state index contributed by atoms with van der Waals surface area (Å²) in [6, 6.07) is 9.15. The zero-order chi connectivity index (χ0) is 13.1. The fraction of sp³-hybridized carbons (Fsp3) is 0.625. The average Bonchev–Trinajstić information content (AvgIpc) is 2.94. The van der Waals surface area contributed by atoms with Crippen molar-refractivity contribution in [1.29, 1.82) is 0 Å². The third-order valence-corrected chi connectivity index (χ3v) is 4.57. The number of benzene rings is 1. The van der Waals surface area contributed by atoms with E-state index in [-0.39, 0.29) is 24.8 Å². The van der Waals surface area contributed by atoms with E-state index < -0.39 is 0 Å². The first-order valence-corrected chi connectivity index (χ1v) is 7.62. The van der Waals surface area contributed by atoms with Gasteiger partial charge in [0, 0.05) is 18.3 Å². The minimum Gasteiger partial charge on any atom is -0.399 e. The molecular formula is C16H27Cl2N3. The summed E-state index contributed by atoms with van der Waals surface area (Å²) in [5.74, 6) is 0. The molecule has 1 aromatic rings. The van der Waals surface area contributed by atoms with Gasteiger partial charge in [0.15, 0.2) is 0 Å². The zero-order valence-electron chi connectivity index (χ0n) is 12.5. The van der Waals surface area contributed by atoms with E-state index in [9.17, 15) is 0 Å². The lowest BCUT2D eigenvalue weighted by Gasteiger charge is -2.36. The molecular weight excluding hydrogens is 305 g/mol. The van der Waals surface area contributed by atoms with Crippen molar-refractivity contribution in [3.63, 3.8) is 0 Å². The molecule has 2 heterocycles. The summed E-state index contributed by atoms with van der Waals surface area (Å²) in [4.78, 5) is 5.28. The van der Waals surface area contributed by atoms with Gasteiger partial charge in [0.05, 0.1) is 0 Å². The Morgan fingerprint density at radius 3 is 2.29 bits per heavy atom. The highest BCUT2D eigenvalue weighted by atomic mass is 35.5. The maximum absolute atomic E-state index is 5.84. The second-order valence-corrected chi connectivity index (χ2v) is 6.00. The Bertz CT molecular complexity index is 414. The van der Waals surface area contributed by atoms with Gasteiger partial charge in [-0.15, -0.1) is 24.8 Å². The second-order valence-electron chi connectivity index (χ2n) is 6.00. The lowest BCUT2D eigenvalue weighted by atomic mass is 10.0. The summed E-state index contributed by atoms with van der Waals surface area (Å²) in [5.41, 5.74) is 8.07. The van der Waals surface area contributed by atoms with Crippen LogP contribution in [-0.2, 0) is 6.54 Å². The van der Waals surface area contributed by atoms with E-state index >= 15 is 0 Å². The molecule has 2 aliphatic heterocycles. The van der Waals surface area contributed by atoms with Gasteiger partial charge in [-0.1, -0.05) is 12.1 Å². The summed E-state index contributed by atoms with van der Waals surface area (Å²) in [6.07, 6.45) is 5.48. The minimum atomic E-state index is 0. The molecule has 0 bridgehead atoms. The molecule has 2 fully saturated rings. The molecule has 2 N–H and O–H groups in total. The highest BCUT2D eigenvalue weighted by Crippen LogP contribution is 2.22. The number of nitrogens with two attached hydrogens (primary N) is 1. The van der Waals surface area contributed by atoms with Crippen LogP contribution in [0.25, 0.3) is 0 Å². The molecule has 5 heteroatoms. The number of hydrogen-bond acceptors (Lipinski definition) is 3. The Balaban J connectivity index is 0.00000110. The van der Waals surface area contributed by atoms with Crippen LogP contribution in [0.1, 0.15) is 31.2 Å². The molecule has 0 unspecified atom stereocenters. The summed E-state index contributed by atoms with van der Waals surface area (Å²) in [5, 5.41) is 0. The molecule has 3 nitrogen and oxygen atoms in total. The fourth-order valence-electron chi connectivity index (χ4n) is 3.50. The number of likely N-dealkylation sites (tertiary alicyclic amines) is 2. The van der Waals surface area contributed by atoms with Gasteiger partial charge >= 0.3 is 0 Å². The number of hydrogen-bond donors (Lipinski definition) is 1. The monoisotopic (exact) mass is 331 g/mol. The summed E-state index contributed by atoms with van der Waals surface area (Å²) in [7, 11) is 0. The summed E-state index contributed by atoms with van der Waals surface area (Å²) >= 11 is 0. The topological polar surface area (TPSA) is 32.5 Å². The second kappa shape index (κ2) is 8.84. The Hall–Kier alpha value is -0.480. The minimum absolute atomic E-state index is 0. The first-order valence-electron chi connectivity index (χ1n) is 7.62. The standard InChI is InChI=1S/C16H25N3.2ClH/c17-15-5-3-4-14(12-15)13-18-10-6-16(7-11-18)19-8-1-2-9-19;;/h3-5,12,16H,1-2,6-11,13,17H2;2*1H. The first-order chi connectivity index (χ1) is 9.31. The van der Waals surface area contributed by atoms with Crippen molar-refractivity contribution in [1.82, 2.24) is 9.80 Å². The highest BCUT2D eigenvalue weighted by molar-refractivity contribution is 5.85. The van der Waals surface area contributed by atoms with Crippen LogP contribution in [0.15, 0.2) is 24.3 Å². The third kappa shape index (κ3) is 5.03. The van der Waals surface area contributed by atoms with E-state index in [1.165, 1.54) is 57.4 Å². The van der Waals surface area contributed by atoms with Gasteiger partial charge < -0.3 is 10.6 Å². The van der Waals surface area contributed by atoms with Crippen LogP contribution >= 0.6 is 24.8 Å². The summed E-state index contributed by atoms with van der Waals surface area (Å²) in [6.45, 7) is 6.18. The van der Waals surface area contributed by atoms with Crippen molar-refractivity contribution >= 4 is 30.5 Å². The number of nitrogen functional groups attached to an aromatic ring is 1. The molecule has 0 amide bonds. The predicted octanol–water partition coefficient (Wildman–Crippen LogP) is 3.17. The smallest absolute Gasteiger partial charge is 0.0317 e. The van der Waals surface area contributed by atoms with E-state index in [0.717, 1.165) is 18.3 Å². The molecule has 3 rings (SSSR count). The quantitative estimate of drug-likeness (QED) is 0.863. The van der Waals surface area contributed by atoms with E-state index in [4.69, 9.17) is 5.73 Å². The van der Waals surface area contributed by atoms with Crippen LogP contribution in [0.3, 0.4) is 0 Å². The van der Waals surface area contributed by atoms with Gasteiger partial charge in [0.25, 0.3) is 0 Å². The molecule has 0 aliphatic carbocycles. The summed E-state index contributed by atoms with van der Waals surface area (Å²) < 4.78 is 0. The van der Waals surface area contributed by atoms with Gasteiger partial charge in [-0.2, -0.15) is 0 Å². The first kappa shape index (κ1) is 18.6. The molecule has 21 heavy (non-hydrogen) atoms. The van der Waals surface area contributed by atoms with Crippen LogP contribution in [0.5, 0.6) is 0 Å². The van der Waals surface area contributed by atoms with Crippen LogP contribution in [0, 0.1) is 0 Å². The molecule has 0 spiro atoms. The van der Waals surface area contributed by atoms with E-state index in [2.05, 4.69) is 28.0 Å². The largest absolute Gasteiger partial charge is 0.399 e. The third-order valence-electron chi connectivity index (χ3n) is 4.57. The lowest BCUT2D eigenvalue weighted by Crippen LogP contribution is -2.43. The highest BCUT2D eigenvalue weighted by Gasteiger charge is 2.26. The maximum Gasteiger partial charge on any atom is 0.0317 e. The molecule has 0 radical (unpaired) electrons. The molecule has 120 valence electrons. The number of piperidine rings is 1. The molecule has 2 aliphatic rings. The molecule has 0 aromatic heterocycles. The predicted molar refractivity (Wildman–Crippen MR) is 94.5 cm³/mol. The van der Waals surface area contributed by atoms with E-state index in [1.807, 2.05) is 6.07 Å². The van der Waals surface area contributed by atoms with Crippen LogP contribution < -0.4 is 5.73 Å². The number of halogens is 2. The number of nitrogens with zero attached hydrogens (tertiary/aromatic N) is 2. The SMILES string of the molecule is Cl.Cl.Nc1cccc(CN2CCC(N3CCCC3)CC2)c1. The van der Waals surface area contributed by atoms with Crippen LogP contribution in [0.2, 0.25) is 0 Å². The Kier molecular flexibility index (Phi) is 7.82. The lowest BCUT2D eigenvalue weighted by molar-refractivity contribution is 0.122. The van der Waals surface area contributed by atoms with Crippen LogP contribution in [0.4, 0.5) is 5.69 Å². The van der Waals surface area contributed by atoms with Gasteiger partial charge in [-0.3, -0.25) is 4.90 Å². The van der Waals surface area contributed by atoms with Gasteiger partial charge in [-0.05, 0) is 69.6 Å². The van der Waals surface area contributed by atoms with Crippen LogP contribution in [-0.4, -0.2) is 42.0 Å². The molecule has 0 atom stereocenters. The van der Waals surface area contributed by atoms with Crippen molar-refractivity contribution in [3.8, 4) is 0 Å². The van der Waals surface area contributed by atoms with Crippen molar-refractivity contribution in [2.45, 2.75) is 38.3 Å². The molecule has 0 saturated carbocycles. The zero-order valence-corrected chi connectivity index (χ0v) is 14.2. The number of rotatable bonds is 3. The Morgan fingerprint density at radius 2 is 1.67 bits per heavy atom. The van der Waals surface area contributed by atoms with Gasteiger partial charge in [-0.25, -0.2) is 0 Å². The Morgan fingerprint density at radius 1 is 1.00 bits per heavy atom. The van der Waals surface area contributed by atoms with Crippen molar-refractivity contribution < 1.29 is 0 Å². The molecule has 1 aromatic carbocycles. The average molecular weight is 332 g/mol. The van der Waals surface area contributed by atoms with E-state index in [1.54, 1.807) is 0 Å². The number of anilines is 1. The maximum atomic E-state index is 5.84. The van der Waals surface area contributed by atoms with Gasteiger partial charge in [0.1, 0.15) is 0 Å². The van der Waals surface area contributed by atoms with Crippen molar-refractivity contribution in [2.24, 2.45) is 0 Å². The fourth-order valence-corrected chi connectivity index (χ4v) is 3.50. The molecule has 2 saturated heterocycles. The van der Waals surface area contributed by atoms with Crippen molar-refractivity contribution in [3.05, 3.63) is 29.8 Å². The Labute approximate surface area is 140 Å². The van der Waals surface area contributed by atoms with Crippen molar-refractivity contribution in [2.75, 3.05) is 31.9 Å². The van der Waals surface area contributed by atoms with Gasteiger partial charge in [0.2, 0.25) is 0 Å². The normalized spacial score (nSPS) is 20.8.